The van der Waals surface area contributed by atoms with Crippen molar-refractivity contribution in [1.29, 1.82) is 0 Å². The Labute approximate surface area is 197 Å². The van der Waals surface area contributed by atoms with Gasteiger partial charge in [-0.15, -0.1) is 0 Å². The van der Waals surface area contributed by atoms with E-state index in [1.54, 1.807) is 12.5 Å². The van der Waals surface area contributed by atoms with E-state index in [9.17, 15) is 9.90 Å². The highest BCUT2D eigenvalue weighted by Gasteiger charge is 2.48. The van der Waals surface area contributed by atoms with Crippen LogP contribution in [0.15, 0.2) is 48.9 Å². The molecular formula is C27H38N3O3+. The van der Waals surface area contributed by atoms with Crippen LogP contribution < -0.4 is 0 Å². The van der Waals surface area contributed by atoms with Gasteiger partial charge in [0.05, 0.1) is 20.1 Å². The number of likely N-dealkylation sites (N-methyl/N-ethyl adjacent to an activating group) is 1. The first-order valence-corrected chi connectivity index (χ1v) is 12.6. The van der Waals surface area contributed by atoms with E-state index in [1.807, 2.05) is 36.4 Å². The number of aliphatic hydroxyl groups is 1. The largest absolute Gasteiger partial charge is 0.457 e. The van der Waals surface area contributed by atoms with Crippen LogP contribution >= 0.6 is 0 Å². The molecule has 2 aliphatic rings. The van der Waals surface area contributed by atoms with Crippen molar-refractivity contribution < 1.29 is 19.1 Å². The fourth-order valence-electron chi connectivity index (χ4n) is 5.84. The quantitative estimate of drug-likeness (QED) is 0.459. The summed E-state index contributed by atoms with van der Waals surface area (Å²) < 4.78 is 6.84. The molecule has 0 amide bonds. The summed E-state index contributed by atoms with van der Waals surface area (Å²) >= 11 is 0. The van der Waals surface area contributed by atoms with Crippen molar-refractivity contribution in [3.63, 3.8) is 0 Å². The molecule has 2 fully saturated rings. The van der Waals surface area contributed by atoms with Crippen molar-refractivity contribution in [2.45, 2.75) is 69.4 Å². The van der Waals surface area contributed by atoms with E-state index in [1.165, 1.54) is 6.42 Å². The van der Waals surface area contributed by atoms with Crippen molar-refractivity contribution in [3.05, 3.63) is 60.2 Å². The van der Waals surface area contributed by atoms with Crippen LogP contribution in [0.3, 0.4) is 0 Å². The summed E-state index contributed by atoms with van der Waals surface area (Å²) in [6.45, 7) is 2.49. The van der Waals surface area contributed by atoms with Gasteiger partial charge in [-0.25, -0.2) is 14.8 Å². The number of aryl methyl sites for hydroxylation is 1. The van der Waals surface area contributed by atoms with Gasteiger partial charge in [-0.3, -0.25) is 0 Å². The van der Waals surface area contributed by atoms with Crippen LogP contribution in [0.1, 0.15) is 62.6 Å². The maximum atomic E-state index is 13.4. The third-order valence-electron chi connectivity index (χ3n) is 7.96. The number of esters is 1. The van der Waals surface area contributed by atoms with Crippen molar-refractivity contribution in [2.75, 3.05) is 26.7 Å². The fraction of sp³-hybridized carbons (Fsp3) is 0.593. The molecule has 1 saturated carbocycles. The molecule has 2 unspecified atom stereocenters. The molecule has 3 atom stereocenters. The smallest absolute Gasteiger partial charge is 0.343 e. The minimum atomic E-state index is -1.56. The van der Waals surface area contributed by atoms with E-state index < -0.39 is 11.6 Å². The Kier molecular flexibility index (Phi) is 7.76. The predicted octanol–water partition coefficient (Wildman–Crippen LogP) is 4.03. The second-order valence-electron chi connectivity index (χ2n) is 10.1. The van der Waals surface area contributed by atoms with E-state index >= 15 is 0 Å². The van der Waals surface area contributed by atoms with E-state index in [-0.39, 0.29) is 12.0 Å². The lowest BCUT2D eigenvalue weighted by Crippen LogP contribution is -2.52. The van der Waals surface area contributed by atoms with Gasteiger partial charge in [0, 0.05) is 37.1 Å². The van der Waals surface area contributed by atoms with Crippen LogP contribution in [0, 0.1) is 5.92 Å². The number of quaternary nitrogens is 1. The predicted molar refractivity (Wildman–Crippen MR) is 127 cm³/mol. The molecule has 1 N–H and O–H groups in total. The molecule has 0 spiro atoms. The normalized spacial score (nSPS) is 25.5. The molecule has 1 aliphatic carbocycles. The van der Waals surface area contributed by atoms with Gasteiger partial charge in [0.2, 0.25) is 0 Å². The summed E-state index contributed by atoms with van der Waals surface area (Å²) in [5.74, 6) is -0.557. The lowest BCUT2D eigenvalue weighted by molar-refractivity contribution is -0.921. The Morgan fingerprint density at radius 1 is 1.12 bits per heavy atom. The second-order valence-corrected chi connectivity index (χ2v) is 10.1. The zero-order valence-corrected chi connectivity index (χ0v) is 19.9. The Morgan fingerprint density at radius 3 is 2.64 bits per heavy atom. The number of carbonyl (C=O) groups excluding carboxylic acids is 1. The highest BCUT2D eigenvalue weighted by molar-refractivity contribution is 5.81. The highest BCUT2D eigenvalue weighted by atomic mass is 16.6. The number of rotatable bonds is 9. The van der Waals surface area contributed by atoms with Gasteiger partial charge in [0.25, 0.3) is 0 Å². The van der Waals surface area contributed by atoms with Crippen LogP contribution in [0.2, 0.25) is 0 Å². The van der Waals surface area contributed by atoms with E-state index in [0.29, 0.717) is 12.2 Å². The van der Waals surface area contributed by atoms with Gasteiger partial charge in [-0.1, -0.05) is 49.6 Å². The third-order valence-corrected chi connectivity index (χ3v) is 7.96. The molecule has 6 heteroatoms. The third kappa shape index (κ3) is 5.44. The van der Waals surface area contributed by atoms with E-state index in [4.69, 9.17) is 4.74 Å². The first-order valence-electron chi connectivity index (χ1n) is 12.6. The molecule has 0 radical (unpaired) electrons. The lowest BCUT2D eigenvalue weighted by Gasteiger charge is -2.39. The monoisotopic (exact) mass is 452 g/mol. The number of carbonyl (C=O) groups is 1. The van der Waals surface area contributed by atoms with Crippen molar-refractivity contribution in [1.82, 2.24) is 9.97 Å². The lowest BCUT2D eigenvalue weighted by atomic mass is 9.73. The van der Waals surface area contributed by atoms with Crippen molar-refractivity contribution in [2.24, 2.45) is 5.92 Å². The molecule has 1 aromatic carbocycles. The Hall–Kier alpha value is -2.31. The Bertz CT molecular complexity index is 888. The summed E-state index contributed by atoms with van der Waals surface area (Å²) in [6.07, 6.45) is 12.5. The molecule has 0 bridgehead atoms. The van der Waals surface area contributed by atoms with Crippen LogP contribution in [-0.2, 0) is 21.6 Å². The average molecular weight is 453 g/mol. The van der Waals surface area contributed by atoms with Crippen molar-refractivity contribution >= 4 is 5.97 Å². The van der Waals surface area contributed by atoms with E-state index in [2.05, 4.69) is 17.0 Å². The zero-order valence-electron chi connectivity index (χ0n) is 19.9. The topological polar surface area (TPSA) is 72.3 Å². The standard InChI is InChI=1S/C27H38N3O3/c1-30(18-8-14-24-16-17-28-21-29-24)19-9-15-25(30)20-33-26(31)27(32,22-10-4-2-5-11-22)23-12-6-3-7-13-23/h2,4-5,10-11,16-17,21,23,25,32H,3,6-9,12-15,18-20H2,1H3/q+1/t25?,27?,30-/m0/s1. The van der Waals surface area contributed by atoms with Crippen LogP contribution in [0.5, 0.6) is 0 Å². The summed E-state index contributed by atoms with van der Waals surface area (Å²) in [5.41, 5.74) is 0.172. The number of ether oxygens (including phenoxy) is 1. The van der Waals surface area contributed by atoms with Gasteiger partial charge >= 0.3 is 5.97 Å². The first kappa shape index (κ1) is 23.8. The number of nitrogens with zero attached hydrogens (tertiary/aromatic N) is 3. The zero-order chi connectivity index (χ0) is 23.2. The molecule has 4 rings (SSSR count). The van der Waals surface area contributed by atoms with Gasteiger partial charge in [0.15, 0.2) is 5.60 Å². The molecule has 1 aromatic heterocycles. The number of hydrogen-bond donors (Lipinski definition) is 1. The molecule has 2 heterocycles. The van der Waals surface area contributed by atoms with Crippen LogP contribution in [0.4, 0.5) is 0 Å². The Balaban J connectivity index is 1.39. The summed E-state index contributed by atoms with van der Waals surface area (Å²) in [6, 6.07) is 11.7. The number of likely N-dealkylation sites (tertiary alicyclic amines) is 1. The summed E-state index contributed by atoms with van der Waals surface area (Å²) in [4.78, 5) is 21.8. The van der Waals surface area contributed by atoms with Gasteiger partial charge in [0.1, 0.15) is 19.0 Å². The molecule has 2 aromatic rings. The number of hydrogen-bond acceptors (Lipinski definition) is 5. The number of aromatic nitrogens is 2. The molecule has 6 nitrogen and oxygen atoms in total. The molecule has 1 aliphatic heterocycles. The SMILES string of the molecule is C[N@+]1(CCCc2ccncn2)CCCC1COC(=O)C(O)(c1ccccc1)C1CCCCC1. The maximum absolute atomic E-state index is 13.4. The highest BCUT2D eigenvalue weighted by Crippen LogP contribution is 2.40. The van der Waals surface area contributed by atoms with E-state index in [0.717, 1.165) is 74.6 Å². The van der Waals surface area contributed by atoms with Crippen LogP contribution in [0.25, 0.3) is 0 Å². The number of benzene rings is 1. The minimum absolute atomic E-state index is 0.0848. The minimum Gasteiger partial charge on any atom is -0.457 e. The summed E-state index contributed by atoms with van der Waals surface area (Å²) in [5, 5.41) is 11.8. The van der Waals surface area contributed by atoms with Gasteiger partial charge < -0.3 is 14.3 Å². The molecule has 33 heavy (non-hydrogen) atoms. The maximum Gasteiger partial charge on any atom is 0.343 e. The second kappa shape index (κ2) is 10.7. The Morgan fingerprint density at radius 2 is 1.91 bits per heavy atom. The van der Waals surface area contributed by atoms with Gasteiger partial charge in [-0.2, -0.15) is 0 Å². The molecular weight excluding hydrogens is 414 g/mol. The first-order chi connectivity index (χ1) is 16.0. The fourth-order valence-corrected chi connectivity index (χ4v) is 5.84. The van der Waals surface area contributed by atoms with Gasteiger partial charge in [-0.05, 0) is 30.9 Å². The van der Waals surface area contributed by atoms with Crippen LogP contribution in [-0.4, -0.2) is 58.3 Å². The molecule has 178 valence electrons. The average Bonchev–Trinajstić information content (AvgIpc) is 3.23. The molecule has 1 saturated heterocycles. The summed E-state index contributed by atoms with van der Waals surface area (Å²) in [7, 11) is 2.27. The van der Waals surface area contributed by atoms with Crippen molar-refractivity contribution in [3.8, 4) is 0 Å².